The number of carbonyl (C=O) groups excluding carboxylic acids is 3. The first kappa shape index (κ1) is 31.8. The summed E-state index contributed by atoms with van der Waals surface area (Å²) < 4.78 is 17.5. The second kappa shape index (κ2) is 13.6. The number of methoxy groups -OCH3 is 2. The smallest absolute Gasteiger partial charge is 0.408 e. The minimum atomic E-state index is -1.88. The molecule has 5 rings (SSSR count). The summed E-state index contributed by atoms with van der Waals surface area (Å²) in [6, 6.07) is 14.1. The molecule has 3 atom stereocenters. The summed E-state index contributed by atoms with van der Waals surface area (Å²) in [4.78, 5) is 53.7. The van der Waals surface area contributed by atoms with E-state index in [4.69, 9.17) is 14.2 Å². The largest absolute Gasteiger partial charge is 0.497 e. The number of β-lactam (4-membered cyclic amide) rings is 1. The highest BCUT2D eigenvalue weighted by atomic mass is 32.2. The van der Waals surface area contributed by atoms with E-state index in [1.54, 1.807) is 68.8 Å². The topological polar surface area (TPSA) is 187 Å². The Bertz CT molecular complexity index is 1620. The third-order valence-corrected chi connectivity index (χ3v) is 9.56. The molecule has 3 heterocycles. The molecule has 2 aromatic carbocycles. The van der Waals surface area contributed by atoms with E-state index in [0.29, 0.717) is 27.6 Å². The molecule has 15 nitrogen and oxygen atoms in total. The molecule has 3 amide bonds. The summed E-state index contributed by atoms with van der Waals surface area (Å²) in [5.74, 6) is -1.69. The number of rotatable bonds is 12. The van der Waals surface area contributed by atoms with Crippen LogP contribution in [0.3, 0.4) is 0 Å². The van der Waals surface area contributed by atoms with Crippen LogP contribution in [0.25, 0.3) is 0 Å². The fourth-order valence-corrected chi connectivity index (χ4v) is 7.21. The van der Waals surface area contributed by atoms with Gasteiger partial charge >= 0.3 is 12.1 Å². The van der Waals surface area contributed by atoms with Crippen LogP contribution in [0.4, 0.5) is 4.79 Å². The molecule has 1 aromatic heterocycles. The van der Waals surface area contributed by atoms with Crippen molar-refractivity contribution in [3.05, 3.63) is 77.0 Å². The van der Waals surface area contributed by atoms with Gasteiger partial charge in [0.05, 0.1) is 7.11 Å². The molecule has 1 saturated heterocycles. The second-order valence-electron chi connectivity index (χ2n) is 9.81. The van der Waals surface area contributed by atoms with Crippen LogP contribution in [0.5, 0.6) is 5.75 Å². The third kappa shape index (κ3) is 6.45. The van der Waals surface area contributed by atoms with Crippen molar-refractivity contribution < 1.29 is 38.5 Å². The Morgan fingerprint density at radius 1 is 1.16 bits per heavy atom. The summed E-state index contributed by atoms with van der Waals surface area (Å²) in [7, 11) is 4.45. The number of ether oxygens (including phenoxy) is 3. The van der Waals surface area contributed by atoms with Crippen LogP contribution in [0.1, 0.15) is 17.2 Å². The van der Waals surface area contributed by atoms with Crippen LogP contribution in [0.15, 0.2) is 71.0 Å². The minimum absolute atomic E-state index is 0.0643. The van der Waals surface area contributed by atoms with Crippen molar-refractivity contribution in [2.45, 2.75) is 28.9 Å². The molecule has 3 aromatic rings. The van der Waals surface area contributed by atoms with Crippen molar-refractivity contribution in [2.75, 3.05) is 25.7 Å². The van der Waals surface area contributed by atoms with Gasteiger partial charge in [-0.25, -0.2) is 14.3 Å². The molecule has 3 N–H and O–H groups in total. The van der Waals surface area contributed by atoms with Crippen LogP contribution in [0.2, 0.25) is 0 Å². The van der Waals surface area contributed by atoms with E-state index < -0.39 is 41.0 Å². The molecule has 236 valence electrons. The molecule has 3 unspecified atom stereocenters. The molecule has 17 heteroatoms. The number of hydrogen-bond donors (Lipinski definition) is 3. The lowest BCUT2D eigenvalue weighted by atomic mass is 9.97. The minimum Gasteiger partial charge on any atom is -0.497 e. The van der Waals surface area contributed by atoms with Gasteiger partial charge in [-0.15, -0.1) is 16.9 Å². The highest BCUT2D eigenvalue weighted by Crippen LogP contribution is 2.47. The van der Waals surface area contributed by atoms with Gasteiger partial charge in [-0.2, -0.15) is 0 Å². The van der Waals surface area contributed by atoms with Crippen molar-refractivity contribution >= 4 is 47.4 Å². The van der Waals surface area contributed by atoms with E-state index in [0.717, 1.165) is 4.90 Å². The molecular weight excluding hydrogens is 626 g/mol. The number of amides is 3. The molecule has 2 aliphatic heterocycles. The molecule has 0 saturated carbocycles. The van der Waals surface area contributed by atoms with Gasteiger partial charge < -0.3 is 30.0 Å². The van der Waals surface area contributed by atoms with Gasteiger partial charge in [0.15, 0.2) is 0 Å². The van der Waals surface area contributed by atoms with Crippen LogP contribution in [0, 0.1) is 0 Å². The maximum atomic E-state index is 13.7. The summed E-state index contributed by atoms with van der Waals surface area (Å²) in [6.07, 6.45) is -0.869. The zero-order chi connectivity index (χ0) is 32.1. The number of benzene rings is 2. The molecule has 0 aliphatic carbocycles. The molecule has 2 aliphatic rings. The fraction of sp³-hybridized carbons (Fsp3) is 0.321. The number of carboxylic acid groups (broad SMARTS) is 1. The number of carbonyl (C=O) groups is 4. The monoisotopic (exact) mass is 655 g/mol. The molecule has 0 radical (unpaired) electrons. The average Bonchev–Trinajstić information content (AvgIpc) is 3.48. The normalized spacial score (nSPS) is 19.7. The maximum absolute atomic E-state index is 13.7. The number of alkyl carbamates (subject to hydrolysis) is 1. The van der Waals surface area contributed by atoms with E-state index in [9.17, 15) is 24.3 Å². The molecule has 0 spiro atoms. The number of carboxylic acids is 1. The Hall–Kier alpha value is -4.61. The highest BCUT2D eigenvalue weighted by molar-refractivity contribution is 8.01. The van der Waals surface area contributed by atoms with E-state index in [1.165, 1.54) is 35.3 Å². The molecule has 1 fully saturated rings. The van der Waals surface area contributed by atoms with E-state index >= 15 is 0 Å². The first-order valence-corrected chi connectivity index (χ1v) is 15.5. The zero-order valence-corrected chi connectivity index (χ0v) is 26.0. The Kier molecular flexibility index (Phi) is 9.60. The van der Waals surface area contributed by atoms with Gasteiger partial charge in [0.1, 0.15) is 29.5 Å². The average molecular weight is 656 g/mol. The number of nitrogens with one attached hydrogen (secondary N) is 2. The van der Waals surface area contributed by atoms with E-state index in [2.05, 4.69) is 26.2 Å². The van der Waals surface area contributed by atoms with Crippen molar-refractivity contribution in [3.8, 4) is 5.75 Å². The van der Waals surface area contributed by atoms with E-state index in [-0.39, 0.29) is 23.8 Å². The van der Waals surface area contributed by atoms with Gasteiger partial charge in [0, 0.05) is 25.7 Å². The van der Waals surface area contributed by atoms with Crippen LogP contribution in [-0.2, 0) is 37.5 Å². The van der Waals surface area contributed by atoms with Crippen LogP contribution >= 0.6 is 23.5 Å². The standard InChI is InChI=1S/C28H29N7O8S2/c1-34-26(31-32-33-34)45-15-18-14-44-25-28(42-3,24(39)35(25)21(18)23(37)38)30-22(36)20(17-7-5-4-6-8-17)29-27(40)43-13-16-9-11-19(41-2)12-10-16/h4-12,20,25H,13-15H2,1-3H3,(H,29,40)(H,30,36)(H,37,38). The summed E-state index contributed by atoms with van der Waals surface area (Å²) in [6.45, 7) is -0.0643. The molecular formula is C28H29N7O8S2. The van der Waals surface area contributed by atoms with E-state index in [1.807, 2.05) is 0 Å². The van der Waals surface area contributed by atoms with Gasteiger partial charge in [0.25, 0.3) is 11.6 Å². The number of hydrogen-bond acceptors (Lipinski definition) is 12. The summed E-state index contributed by atoms with van der Waals surface area (Å²) in [5.41, 5.74) is -0.451. The van der Waals surface area contributed by atoms with Crippen molar-refractivity contribution in [1.29, 1.82) is 0 Å². The molecule has 0 bridgehead atoms. The van der Waals surface area contributed by atoms with Crippen molar-refractivity contribution in [3.63, 3.8) is 0 Å². The van der Waals surface area contributed by atoms with Crippen LogP contribution < -0.4 is 15.4 Å². The predicted molar refractivity (Wildman–Crippen MR) is 161 cm³/mol. The number of aromatic nitrogens is 4. The highest BCUT2D eigenvalue weighted by Gasteiger charge is 2.67. The molecule has 45 heavy (non-hydrogen) atoms. The lowest BCUT2D eigenvalue weighted by Gasteiger charge is -2.56. The number of fused-ring (bicyclic) bond motifs is 1. The SMILES string of the molecule is COc1ccc(COC(=O)NC(C(=O)NC2(OC)C(=O)N3C(C(=O)O)=C(CSc4nnnn4C)CSC32)c2ccccc2)cc1. The zero-order valence-electron chi connectivity index (χ0n) is 24.3. The predicted octanol–water partition coefficient (Wildman–Crippen LogP) is 1.69. The van der Waals surface area contributed by atoms with Gasteiger partial charge in [-0.1, -0.05) is 54.2 Å². The first-order valence-electron chi connectivity index (χ1n) is 13.4. The van der Waals surface area contributed by atoms with Crippen molar-refractivity contribution in [1.82, 2.24) is 35.7 Å². The number of tetrazole rings is 1. The lowest BCUT2D eigenvalue weighted by molar-refractivity contribution is -0.192. The van der Waals surface area contributed by atoms with Gasteiger partial charge in [-0.3, -0.25) is 14.5 Å². The van der Waals surface area contributed by atoms with Gasteiger partial charge in [0.2, 0.25) is 11.1 Å². The number of thioether (sulfide) groups is 2. The number of nitrogens with zero attached hydrogens (tertiary/aromatic N) is 5. The quantitative estimate of drug-likeness (QED) is 0.146. The summed E-state index contributed by atoms with van der Waals surface area (Å²) in [5, 5.41) is 26.1. The Morgan fingerprint density at radius 3 is 2.51 bits per heavy atom. The van der Waals surface area contributed by atoms with Crippen LogP contribution in [-0.4, -0.2) is 90.9 Å². The Morgan fingerprint density at radius 2 is 1.89 bits per heavy atom. The first-order chi connectivity index (χ1) is 21.7. The lowest BCUT2D eigenvalue weighted by Crippen LogP contribution is -2.81. The Balaban J connectivity index is 1.31. The second-order valence-corrected chi connectivity index (χ2v) is 11.8. The number of aliphatic carboxylic acids is 1. The van der Waals surface area contributed by atoms with Crippen molar-refractivity contribution in [2.24, 2.45) is 7.05 Å². The van der Waals surface area contributed by atoms with Gasteiger partial charge in [-0.05, 0) is 39.3 Å². The third-order valence-electron chi connectivity index (χ3n) is 7.09. The fourth-order valence-electron chi connectivity index (χ4n) is 4.78. The maximum Gasteiger partial charge on any atom is 0.408 e. The summed E-state index contributed by atoms with van der Waals surface area (Å²) >= 11 is 2.48. The number of aryl methyl sites for hydroxylation is 1. The Labute approximate surface area is 265 Å².